The monoisotopic (exact) mass is 388 g/mol. The molecule has 1 atom stereocenters. The van der Waals surface area contributed by atoms with E-state index in [1.807, 2.05) is 6.92 Å². The molecular weight excluding hydrogens is 352 g/mol. The van der Waals surface area contributed by atoms with Gasteiger partial charge in [-0.1, -0.05) is 13.8 Å². The predicted octanol–water partition coefficient (Wildman–Crippen LogP) is 3.24. The lowest BCUT2D eigenvalue weighted by Gasteiger charge is -2.48. The van der Waals surface area contributed by atoms with Gasteiger partial charge < -0.3 is 9.80 Å². The molecule has 2 amide bonds. The summed E-state index contributed by atoms with van der Waals surface area (Å²) in [5.41, 5.74) is 3.33. The van der Waals surface area contributed by atoms with Crippen LogP contribution in [0, 0.1) is 25.2 Å². The van der Waals surface area contributed by atoms with E-state index < -0.39 is 0 Å². The predicted molar refractivity (Wildman–Crippen MR) is 110 cm³/mol. The van der Waals surface area contributed by atoms with E-state index in [-0.39, 0.29) is 11.3 Å². The summed E-state index contributed by atoms with van der Waals surface area (Å²) in [5.74, 6) is 1.12. The molecule has 2 aliphatic rings. The molecule has 2 saturated heterocycles. The average Bonchev–Trinajstić information content (AvgIpc) is 2.99. The van der Waals surface area contributed by atoms with Gasteiger partial charge in [0.15, 0.2) is 0 Å². The number of aromatic amines is 1. The van der Waals surface area contributed by atoms with Gasteiger partial charge in [0.25, 0.3) is 0 Å². The van der Waals surface area contributed by atoms with Gasteiger partial charge in [0.05, 0.1) is 5.69 Å². The fourth-order valence-corrected chi connectivity index (χ4v) is 4.64. The summed E-state index contributed by atoms with van der Waals surface area (Å²) in [6.07, 6.45) is 5.97. The highest BCUT2D eigenvalue weighted by atomic mass is 16.2. The fourth-order valence-electron chi connectivity index (χ4n) is 4.64. The Balaban J connectivity index is 1.58. The summed E-state index contributed by atoms with van der Waals surface area (Å²) in [4.78, 5) is 29.4. The van der Waals surface area contributed by atoms with Gasteiger partial charge in [-0.05, 0) is 51.0 Å². The van der Waals surface area contributed by atoms with E-state index in [1.54, 1.807) is 0 Å². The lowest BCUT2D eigenvalue weighted by Crippen LogP contribution is -2.55. The van der Waals surface area contributed by atoms with Crippen LogP contribution in [0.3, 0.4) is 0 Å². The summed E-state index contributed by atoms with van der Waals surface area (Å²) < 4.78 is 0. The SMILES string of the molecule is Cc1[nH]nc(CCC(=O)N2CCC[C@@]3(CCC(=O)N(CCC(C)C)C3)C2)c1C. The largest absolute Gasteiger partial charge is 0.342 e. The number of aromatic nitrogens is 2. The molecule has 6 nitrogen and oxygen atoms in total. The number of nitrogens with one attached hydrogen (secondary N) is 1. The van der Waals surface area contributed by atoms with Crippen LogP contribution in [0.5, 0.6) is 0 Å². The van der Waals surface area contributed by atoms with E-state index in [9.17, 15) is 9.59 Å². The van der Waals surface area contributed by atoms with Gasteiger partial charge in [-0.2, -0.15) is 5.10 Å². The van der Waals surface area contributed by atoms with Crippen molar-refractivity contribution >= 4 is 11.8 Å². The maximum Gasteiger partial charge on any atom is 0.222 e. The van der Waals surface area contributed by atoms with Crippen LogP contribution in [-0.2, 0) is 16.0 Å². The molecule has 1 aromatic heterocycles. The van der Waals surface area contributed by atoms with Crippen molar-refractivity contribution in [1.82, 2.24) is 20.0 Å². The minimum atomic E-state index is 0.0949. The van der Waals surface area contributed by atoms with E-state index in [0.29, 0.717) is 31.1 Å². The summed E-state index contributed by atoms with van der Waals surface area (Å²) in [7, 11) is 0. The van der Waals surface area contributed by atoms with Gasteiger partial charge in [-0.3, -0.25) is 14.7 Å². The molecule has 3 heterocycles. The summed E-state index contributed by atoms with van der Waals surface area (Å²) >= 11 is 0. The Morgan fingerprint density at radius 2 is 2.04 bits per heavy atom. The third-order valence-corrected chi connectivity index (χ3v) is 6.67. The summed E-state index contributed by atoms with van der Waals surface area (Å²) in [5, 5.41) is 7.33. The Kier molecular flexibility index (Phi) is 6.46. The first-order valence-electron chi connectivity index (χ1n) is 10.9. The van der Waals surface area contributed by atoms with Crippen LogP contribution < -0.4 is 0 Å². The molecule has 0 aliphatic carbocycles. The number of piperidine rings is 2. The topological polar surface area (TPSA) is 69.3 Å². The Bertz CT molecular complexity index is 711. The van der Waals surface area contributed by atoms with Crippen molar-refractivity contribution in [3.05, 3.63) is 17.0 Å². The number of carbonyl (C=O) groups excluding carboxylic acids is 2. The van der Waals surface area contributed by atoms with Crippen molar-refractivity contribution in [1.29, 1.82) is 0 Å². The third-order valence-electron chi connectivity index (χ3n) is 6.67. The van der Waals surface area contributed by atoms with Crippen LogP contribution in [-0.4, -0.2) is 58.0 Å². The Morgan fingerprint density at radius 3 is 2.71 bits per heavy atom. The molecule has 3 rings (SSSR count). The highest BCUT2D eigenvalue weighted by molar-refractivity contribution is 5.78. The van der Waals surface area contributed by atoms with Gasteiger partial charge in [0, 0.05) is 56.6 Å². The number of rotatable bonds is 6. The molecule has 156 valence electrons. The Hall–Kier alpha value is -1.85. The molecule has 2 fully saturated rings. The molecule has 0 radical (unpaired) electrons. The molecule has 0 unspecified atom stereocenters. The van der Waals surface area contributed by atoms with Gasteiger partial charge in [0.1, 0.15) is 0 Å². The molecule has 1 spiro atoms. The summed E-state index contributed by atoms with van der Waals surface area (Å²) in [6, 6.07) is 0. The Morgan fingerprint density at radius 1 is 1.25 bits per heavy atom. The van der Waals surface area contributed by atoms with E-state index in [1.165, 1.54) is 0 Å². The molecule has 28 heavy (non-hydrogen) atoms. The second-order valence-electron chi connectivity index (χ2n) is 9.34. The zero-order chi connectivity index (χ0) is 20.3. The number of aryl methyl sites for hydroxylation is 2. The van der Waals surface area contributed by atoms with Crippen LogP contribution in [0.15, 0.2) is 0 Å². The first kappa shape index (κ1) is 20.9. The number of likely N-dealkylation sites (tertiary alicyclic amines) is 2. The minimum Gasteiger partial charge on any atom is -0.342 e. The highest BCUT2D eigenvalue weighted by Crippen LogP contribution is 2.39. The summed E-state index contributed by atoms with van der Waals surface area (Å²) in [6.45, 7) is 11.8. The molecule has 0 aromatic carbocycles. The van der Waals surface area contributed by atoms with Crippen molar-refractivity contribution in [2.75, 3.05) is 26.2 Å². The second kappa shape index (κ2) is 8.66. The van der Waals surface area contributed by atoms with E-state index in [4.69, 9.17) is 0 Å². The van der Waals surface area contributed by atoms with Crippen LogP contribution in [0.4, 0.5) is 0 Å². The first-order chi connectivity index (χ1) is 13.3. The second-order valence-corrected chi connectivity index (χ2v) is 9.34. The van der Waals surface area contributed by atoms with Crippen LogP contribution in [0.25, 0.3) is 0 Å². The van der Waals surface area contributed by atoms with Crippen molar-refractivity contribution < 1.29 is 9.59 Å². The van der Waals surface area contributed by atoms with E-state index in [2.05, 4.69) is 40.8 Å². The third kappa shape index (κ3) is 4.76. The zero-order valence-electron chi connectivity index (χ0n) is 18.0. The van der Waals surface area contributed by atoms with Crippen molar-refractivity contribution in [2.45, 2.75) is 72.6 Å². The fraction of sp³-hybridized carbons (Fsp3) is 0.773. The average molecular weight is 389 g/mol. The molecule has 1 aromatic rings. The van der Waals surface area contributed by atoms with Gasteiger partial charge >= 0.3 is 0 Å². The van der Waals surface area contributed by atoms with E-state index in [0.717, 1.165) is 68.8 Å². The standard InChI is InChI=1S/C22H36N4O2/c1-16(2)9-13-26-15-22(11-8-21(26)28)10-5-12-25(14-22)20(27)7-6-19-17(3)18(4)23-24-19/h16H,5-15H2,1-4H3,(H,23,24)/t22-/m1/s1. The lowest BCUT2D eigenvalue weighted by molar-refractivity contribution is -0.143. The van der Waals surface area contributed by atoms with Crippen molar-refractivity contribution in [2.24, 2.45) is 11.3 Å². The molecule has 1 N–H and O–H groups in total. The van der Waals surface area contributed by atoms with Crippen LogP contribution in [0.2, 0.25) is 0 Å². The Labute approximate surface area is 169 Å². The molecule has 2 aliphatic heterocycles. The maximum atomic E-state index is 12.9. The zero-order valence-corrected chi connectivity index (χ0v) is 18.0. The number of hydrogen-bond acceptors (Lipinski definition) is 3. The van der Waals surface area contributed by atoms with Crippen LogP contribution >= 0.6 is 0 Å². The molecular formula is C22H36N4O2. The van der Waals surface area contributed by atoms with E-state index >= 15 is 0 Å². The number of nitrogens with zero attached hydrogens (tertiary/aromatic N) is 3. The van der Waals surface area contributed by atoms with Crippen molar-refractivity contribution in [3.8, 4) is 0 Å². The first-order valence-corrected chi connectivity index (χ1v) is 10.9. The lowest BCUT2D eigenvalue weighted by atomic mass is 9.73. The van der Waals surface area contributed by atoms with Crippen LogP contribution in [0.1, 0.15) is 69.3 Å². The number of H-pyrrole nitrogens is 1. The molecule has 0 bridgehead atoms. The van der Waals surface area contributed by atoms with Gasteiger partial charge in [-0.15, -0.1) is 0 Å². The van der Waals surface area contributed by atoms with Crippen molar-refractivity contribution in [3.63, 3.8) is 0 Å². The number of carbonyl (C=O) groups is 2. The van der Waals surface area contributed by atoms with Gasteiger partial charge in [0.2, 0.25) is 11.8 Å². The highest BCUT2D eigenvalue weighted by Gasteiger charge is 2.42. The molecule has 0 saturated carbocycles. The molecule has 6 heteroatoms. The number of hydrogen-bond donors (Lipinski definition) is 1. The maximum absolute atomic E-state index is 12.9. The minimum absolute atomic E-state index is 0.0949. The normalized spacial score (nSPS) is 23.1. The van der Waals surface area contributed by atoms with Gasteiger partial charge in [-0.25, -0.2) is 0 Å². The smallest absolute Gasteiger partial charge is 0.222 e. The number of amides is 2. The quantitative estimate of drug-likeness (QED) is 0.813.